The first-order valence-corrected chi connectivity index (χ1v) is 9.01. The zero-order chi connectivity index (χ0) is 14.9. The summed E-state index contributed by atoms with van der Waals surface area (Å²) in [5.74, 6) is 0. The van der Waals surface area contributed by atoms with Crippen LogP contribution in [-0.2, 0) is 16.6 Å². The van der Waals surface area contributed by atoms with Gasteiger partial charge in [0.05, 0.1) is 4.90 Å². The minimum Gasteiger partial charge on any atom is -0.310 e. The van der Waals surface area contributed by atoms with Crippen molar-refractivity contribution in [1.29, 1.82) is 0 Å². The Hall–Kier alpha value is -0.950. The standard InChI is InChI=1S/C15H23N3O2S/c1-17-7-9-18(10-8-17)21(19,20)15-4-2-3-13(11-15)12-16-14-5-6-14/h2-4,11,14,16H,5-10,12H2,1H3. The third kappa shape index (κ3) is 3.63. The van der Waals surface area contributed by atoms with E-state index in [4.69, 9.17) is 0 Å². The number of sulfonamides is 1. The number of rotatable bonds is 5. The summed E-state index contributed by atoms with van der Waals surface area (Å²) in [6.45, 7) is 3.48. The summed E-state index contributed by atoms with van der Waals surface area (Å²) in [7, 11) is -1.33. The Morgan fingerprint density at radius 2 is 1.90 bits per heavy atom. The van der Waals surface area contributed by atoms with Crippen LogP contribution in [0.5, 0.6) is 0 Å². The van der Waals surface area contributed by atoms with E-state index in [0.29, 0.717) is 24.0 Å². The van der Waals surface area contributed by atoms with Gasteiger partial charge in [-0.15, -0.1) is 0 Å². The second-order valence-electron chi connectivity index (χ2n) is 6.01. The Labute approximate surface area is 127 Å². The Morgan fingerprint density at radius 1 is 1.19 bits per heavy atom. The van der Waals surface area contributed by atoms with Crippen molar-refractivity contribution in [3.63, 3.8) is 0 Å². The summed E-state index contributed by atoms with van der Waals surface area (Å²) in [5.41, 5.74) is 1.04. The first-order valence-electron chi connectivity index (χ1n) is 7.57. The minimum atomic E-state index is -3.35. The second kappa shape index (κ2) is 6.04. The third-order valence-electron chi connectivity index (χ3n) is 4.17. The highest BCUT2D eigenvalue weighted by molar-refractivity contribution is 7.89. The predicted octanol–water partition coefficient (Wildman–Crippen LogP) is 0.875. The number of nitrogens with zero attached hydrogens (tertiary/aromatic N) is 2. The third-order valence-corrected chi connectivity index (χ3v) is 6.07. The van der Waals surface area contributed by atoms with Gasteiger partial charge in [0.25, 0.3) is 0 Å². The van der Waals surface area contributed by atoms with Gasteiger partial charge >= 0.3 is 0 Å². The summed E-state index contributed by atoms with van der Waals surface area (Å²) in [6.07, 6.45) is 2.47. The molecule has 6 heteroatoms. The molecule has 0 bridgehead atoms. The summed E-state index contributed by atoms with van der Waals surface area (Å²) in [6, 6.07) is 7.96. The number of benzene rings is 1. The smallest absolute Gasteiger partial charge is 0.243 e. The molecule has 0 unspecified atom stereocenters. The molecule has 0 aromatic heterocycles. The molecule has 1 N–H and O–H groups in total. The van der Waals surface area contributed by atoms with E-state index in [1.165, 1.54) is 12.8 Å². The maximum Gasteiger partial charge on any atom is 0.243 e. The molecule has 1 aromatic rings. The Kier molecular flexibility index (Phi) is 4.31. The van der Waals surface area contributed by atoms with Crippen molar-refractivity contribution in [3.05, 3.63) is 29.8 Å². The SMILES string of the molecule is CN1CCN(S(=O)(=O)c2cccc(CNC3CC3)c2)CC1. The van der Waals surface area contributed by atoms with Crippen LogP contribution in [0.1, 0.15) is 18.4 Å². The van der Waals surface area contributed by atoms with Crippen LogP contribution in [0.15, 0.2) is 29.2 Å². The number of likely N-dealkylation sites (N-methyl/N-ethyl adjacent to an activating group) is 1. The normalized spacial score (nSPS) is 21.6. The molecule has 3 rings (SSSR count). The minimum absolute atomic E-state index is 0.419. The van der Waals surface area contributed by atoms with Crippen LogP contribution >= 0.6 is 0 Å². The molecule has 5 nitrogen and oxygen atoms in total. The zero-order valence-corrected chi connectivity index (χ0v) is 13.3. The topological polar surface area (TPSA) is 52.7 Å². The summed E-state index contributed by atoms with van der Waals surface area (Å²) >= 11 is 0. The molecule has 1 heterocycles. The lowest BCUT2D eigenvalue weighted by atomic mass is 10.2. The van der Waals surface area contributed by atoms with E-state index in [0.717, 1.165) is 25.2 Å². The summed E-state index contributed by atoms with van der Waals surface area (Å²) in [5, 5.41) is 3.42. The first kappa shape index (κ1) is 15.0. The fraction of sp³-hybridized carbons (Fsp3) is 0.600. The average Bonchev–Trinajstić information content (AvgIpc) is 3.30. The van der Waals surface area contributed by atoms with Gasteiger partial charge < -0.3 is 10.2 Å². The average molecular weight is 309 g/mol. The molecule has 0 atom stereocenters. The van der Waals surface area contributed by atoms with Crippen LogP contribution in [0.25, 0.3) is 0 Å². The zero-order valence-electron chi connectivity index (χ0n) is 12.5. The molecule has 116 valence electrons. The molecule has 1 aliphatic carbocycles. The van der Waals surface area contributed by atoms with Gasteiger partial charge in [0.15, 0.2) is 0 Å². The predicted molar refractivity (Wildman–Crippen MR) is 82.6 cm³/mol. The van der Waals surface area contributed by atoms with E-state index < -0.39 is 10.0 Å². The molecule has 2 fully saturated rings. The number of nitrogens with one attached hydrogen (secondary N) is 1. The summed E-state index contributed by atoms with van der Waals surface area (Å²) < 4.78 is 27.0. The largest absolute Gasteiger partial charge is 0.310 e. The van der Waals surface area contributed by atoms with E-state index in [-0.39, 0.29) is 0 Å². The highest BCUT2D eigenvalue weighted by Gasteiger charge is 2.27. The van der Waals surface area contributed by atoms with Gasteiger partial charge in [-0.25, -0.2) is 8.42 Å². The highest BCUT2D eigenvalue weighted by atomic mass is 32.2. The van der Waals surface area contributed by atoms with Crippen LogP contribution in [0.3, 0.4) is 0 Å². The van der Waals surface area contributed by atoms with E-state index in [9.17, 15) is 8.42 Å². The van der Waals surface area contributed by atoms with Crippen LogP contribution < -0.4 is 5.32 Å². The van der Waals surface area contributed by atoms with E-state index in [1.807, 2.05) is 25.2 Å². The molecular weight excluding hydrogens is 286 g/mol. The lowest BCUT2D eigenvalue weighted by Crippen LogP contribution is -2.47. The number of hydrogen-bond acceptors (Lipinski definition) is 4. The van der Waals surface area contributed by atoms with Gasteiger partial charge in [-0.2, -0.15) is 4.31 Å². The van der Waals surface area contributed by atoms with E-state index in [1.54, 1.807) is 10.4 Å². The summed E-state index contributed by atoms with van der Waals surface area (Å²) in [4.78, 5) is 2.57. The monoisotopic (exact) mass is 309 g/mol. The molecule has 0 amide bonds. The van der Waals surface area contributed by atoms with Crippen molar-refractivity contribution in [3.8, 4) is 0 Å². The van der Waals surface area contributed by atoms with E-state index >= 15 is 0 Å². The molecule has 1 saturated carbocycles. The maximum absolute atomic E-state index is 12.7. The van der Waals surface area contributed by atoms with E-state index in [2.05, 4.69) is 10.2 Å². The molecular formula is C15H23N3O2S. The molecule has 0 radical (unpaired) electrons. The molecule has 1 aromatic carbocycles. The maximum atomic E-state index is 12.7. The van der Waals surface area contributed by atoms with Gasteiger partial charge in [0, 0.05) is 38.8 Å². The first-order chi connectivity index (χ1) is 10.1. The van der Waals surface area contributed by atoms with Crippen LogP contribution in [-0.4, -0.2) is 56.9 Å². The van der Waals surface area contributed by atoms with Crippen molar-refractivity contribution in [2.24, 2.45) is 0 Å². The fourth-order valence-corrected chi connectivity index (χ4v) is 4.04. The molecule has 1 aliphatic heterocycles. The van der Waals surface area contributed by atoms with Crippen molar-refractivity contribution in [1.82, 2.24) is 14.5 Å². The second-order valence-corrected chi connectivity index (χ2v) is 7.95. The van der Waals surface area contributed by atoms with Gasteiger partial charge in [-0.1, -0.05) is 12.1 Å². The Balaban J connectivity index is 1.73. The lowest BCUT2D eigenvalue weighted by Gasteiger charge is -2.31. The van der Waals surface area contributed by atoms with Crippen molar-refractivity contribution < 1.29 is 8.42 Å². The van der Waals surface area contributed by atoms with Crippen LogP contribution in [0, 0.1) is 0 Å². The quantitative estimate of drug-likeness (QED) is 0.877. The fourth-order valence-electron chi connectivity index (χ4n) is 2.54. The molecule has 1 saturated heterocycles. The van der Waals surface area contributed by atoms with Crippen molar-refractivity contribution in [2.45, 2.75) is 30.3 Å². The van der Waals surface area contributed by atoms with Crippen LogP contribution in [0.2, 0.25) is 0 Å². The van der Waals surface area contributed by atoms with Gasteiger partial charge in [0.1, 0.15) is 0 Å². The van der Waals surface area contributed by atoms with Crippen molar-refractivity contribution in [2.75, 3.05) is 33.2 Å². The van der Waals surface area contributed by atoms with Crippen LogP contribution in [0.4, 0.5) is 0 Å². The van der Waals surface area contributed by atoms with Gasteiger partial charge in [-0.3, -0.25) is 0 Å². The number of hydrogen-bond donors (Lipinski definition) is 1. The Morgan fingerprint density at radius 3 is 2.57 bits per heavy atom. The highest BCUT2D eigenvalue weighted by Crippen LogP contribution is 2.21. The Bertz CT molecular complexity index is 591. The molecule has 21 heavy (non-hydrogen) atoms. The van der Waals surface area contributed by atoms with Gasteiger partial charge in [0.2, 0.25) is 10.0 Å². The molecule has 2 aliphatic rings. The van der Waals surface area contributed by atoms with Gasteiger partial charge in [-0.05, 0) is 37.6 Å². The number of piperazine rings is 1. The lowest BCUT2D eigenvalue weighted by molar-refractivity contribution is 0.222. The molecule has 0 spiro atoms. The van der Waals surface area contributed by atoms with Crippen molar-refractivity contribution >= 4 is 10.0 Å².